The number of nitrogens with zero attached hydrogens (tertiary/aromatic N) is 1. The molecule has 0 saturated carbocycles. The third kappa shape index (κ3) is 2.03. The lowest BCUT2D eigenvalue weighted by atomic mass is 10.0. The van der Waals surface area contributed by atoms with Crippen molar-refractivity contribution in [1.82, 2.24) is 4.98 Å². The van der Waals surface area contributed by atoms with Crippen LogP contribution in [0.2, 0.25) is 0 Å². The molecule has 0 aliphatic carbocycles. The number of hydrogen-bond acceptors (Lipinski definition) is 2. The summed E-state index contributed by atoms with van der Waals surface area (Å²) < 4.78 is 0. The molecular weight excluding hydrogens is 234 g/mol. The number of nitrogen functional groups attached to an aromatic ring is 1. The molecule has 0 bridgehead atoms. The Morgan fingerprint density at radius 3 is 2.32 bits per heavy atom. The summed E-state index contributed by atoms with van der Waals surface area (Å²) in [6.45, 7) is 0. The van der Waals surface area contributed by atoms with Crippen LogP contribution >= 0.6 is 0 Å². The fraction of sp³-hybridized carbons (Fsp3) is 0.125. The van der Waals surface area contributed by atoms with Crippen molar-refractivity contribution in [3.8, 4) is 11.1 Å². The highest BCUT2D eigenvalue weighted by molar-refractivity contribution is 5.94. The van der Waals surface area contributed by atoms with Crippen molar-refractivity contribution in [1.29, 1.82) is 0 Å². The quantitative estimate of drug-likeness (QED) is 0.732. The summed E-state index contributed by atoms with van der Waals surface area (Å²) in [5.74, 6) is 0. The zero-order valence-corrected chi connectivity index (χ0v) is 11.1. The van der Waals surface area contributed by atoms with E-state index in [0.29, 0.717) is 0 Å². The number of fused-ring (bicyclic) bond motifs is 1. The fourth-order valence-electron chi connectivity index (χ4n) is 2.27. The zero-order chi connectivity index (χ0) is 13.4. The molecule has 2 aromatic carbocycles. The Morgan fingerprint density at radius 2 is 1.63 bits per heavy atom. The molecule has 3 heteroatoms. The van der Waals surface area contributed by atoms with Gasteiger partial charge in [0.2, 0.25) is 0 Å². The van der Waals surface area contributed by atoms with Gasteiger partial charge in [0, 0.05) is 36.9 Å². The lowest BCUT2D eigenvalue weighted by Gasteiger charge is -2.12. The second kappa shape index (κ2) is 4.35. The molecule has 3 N–H and O–H groups in total. The third-order valence-electron chi connectivity index (χ3n) is 3.43. The molecule has 19 heavy (non-hydrogen) atoms. The topological polar surface area (TPSA) is 45.0 Å². The van der Waals surface area contributed by atoms with E-state index in [2.05, 4.69) is 52.3 Å². The molecule has 0 atom stereocenters. The van der Waals surface area contributed by atoms with Crippen LogP contribution in [0.1, 0.15) is 0 Å². The second-order valence-corrected chi connectivity index (χ2v) is 4.95. The van der Waals surface area contributed by atoms with Crippen LogP contribution < -0.4 is 10.6 Å². The average molecular weight is 251 g/mol. The lowest BCUT2D eigenvalue weighted by molar-refractivity contribution is 1.13. The van der Waals surface area contributed by atoms with Crippen molar-refractivity contribution in [2.75, 3.05) is 24.7 Å². The Labute approximate surface area is 112 Å². The molecule has 0 spiro atoms. The summed E-state index contributed by atoms with van der Waals surface area (Å²) in [7, 11) is 4.09. The predicted octanol–water partition coefficient (Wildman–Crippen LogP) is 3.48. The van der Waals surface area contributed by atoms with Gasteiger partial charge in [-0.05, 0) is 35.4 Å². The van der Waals surface area contributed by atoms with Crippen molar-refractivity contribution in [3.05, 3.63) is 48.7 Å². The highest BCUT2D eigenvalue weighted by atomic mass is 15.1. The zero-order valence-electron chi connectivity index (χ0n) is 11.1. The summed E-state index contributed by atoms with van der Waals surface area (Å²) in [6.07, 6.45) is 1.84. The van der Waals surface area contributed by atoms with E-state index in [1.807, 2.05) is 20.3 Å². The van der Waals surface area contributed by atoms with E-state index in [1.165, 1.54) is 16.8 Å². The molecule has 3 aromatic rings. The fourth-order valence-corrected chi connectivity index (χ4v) is 2.27. The van der Waals surface area contributed by atoms with Crippen molar-refractivity contribution in [3.63, 3.8) is 0 Å². The smallest absolute Gasteiger partial charge is 0.0572 e. The van der Waals surface area contributed by atoms with Crippen LogP contribution in [-0.2, 0) is 0 Å². The molecule has 0 radical (unpaired) electrons. The minimum atomic E-state index is 0.793. The van der Waals surface area contributed by atoms with Gasteiger partial charge in [0.25, 0.3) is 0 Å². The van der Waals surface area contributed by atoms with Crippen molar-refractivity contribution < 1.29 is 0 Å². The van der Waals surface area contributed by atoms with Crippen LogP contribution in [0.4, 0.5) is 11.4 Å². The number of rotatable bonds is 2. The average Bonchev–Trinajstić information content (AvgIpc) is 2.80. The van der Waals surface area contributed by atoms with Gasteiger partial charge in [-0.15, -0.1) is 0 Å². The summed E-state index contributed by atoms with van der Waals surface area (Å²) in [5, 5.41) is 1.08. The SMILES string of the molecule is CN(C)c1ccc(-c2ccc3[nH]cc(N)c3c2)cc1. The first-order valence-corrected chi connectivity index (χ1v) is 6.29. The minimum absolute atomic E-state index is 0.793. The van der Waals surface area contributed by atoms with Crippen molar-refractivity contribution in [2.24, 2.45) is 0 Å². The number of aromatic amines is 1. The van der Waals surface area contributed by atoms with Crippen LogP contribution in [0.15, 0.2) is 48.7 Å². The van der Waals surface area contributed by atoms with Gasteiger partial charge in [0.15, 0.2) is 0 Å². The number of anilines is 2. The molecule has 96 valence electrons. The Bertz CT molecular complexity index is 708. The monoisotopic (exact) mass is 251 g/mol. The number of nitrogens with two attached hydrogens (primary N) is 1. The molecular formula is C16H17N3. The number of nitrogens with one attached hydrogen (secondary N) is 1. The van der Waals surface area contributed by atoms with E-state index >= 15 is 0 Å². The van der Waals surface area contributed by atoms with Crippen LogP contribution in [0.25, 0.3) is 22.0 Å². The van der Waals surface area contributed by atoms with E-state index in [4.69, 9.17) is 5.73 Å². The predicted molar refractivity (Wildman–Crippen MR) is 82.5 cm³/mol. The molecule has 0 fully saturated rings. The molecule has 0 aliphatic heterocycles. The maximum Gasteiger partial charge on any atom is 0.0572 e. The summed E-state index contributed by atoms with van der Waals surface area (Å²) in [6, 6.07) is 14.8. The molecule has 1 aromatic heterocycles. The van der Waals surface area contributed by atoms with Gasteiger partial charge >= 0.3 is 0 Å². The maximum absolute atomic E-state index is 5.95. The first-order chi connectivity index (χ1) is 9.15. The Hall–Kier alpha value is -2.42. The molecule has 0 amide bonds. The number of benzene rings is 2. The van der Waals surface area contributed by atoms with Gasteiger partial charge < -0.3 is 15.6 Å². The van der Waals surface area contributed by atoms with Crippen LogP contribution in [0, 0.1) is 0 Å². The van der Waals surface area contributed by atoms with E-state index in [-0.39, 0.29) is 0 Å². The molecule has 0 aliphatic rings. The second-order valence-electron chi connectivity index (χ2n) is 4.95. The van der Waals surface area contributed by atoms with Crippen molar-refractivity contribution in [2.45, 2.75) is 0 Å². The van der Waals surface area contributed by atoms with Gasteiger partial charge in [0.05, 0.1) is 5.69 Å². The largest absolute Gasteiger partial charge is 0.397 e. The third-order valence-corrected chi connectivity index (χ3v) is 3.43. The molecule has 1 heterocycles. The Morgan fingerprint density at radius 1 is 0.947 bits per heavy atom. The molecule has 3 nitrogen and oxygen atoms in total. The first-order valence-electron chi connectivity index (χ1n) is 6.29. The molecule has 0 unspecified atom stereocenters. The van der Waals surface area contributed by atoms with Gasteiger partial charge in [-0.25, -0.2) is 0 Å². The summed E-state index contributed by atoms with van der Waals surface area (Å²) in [5.41, 5.74) is 11.4. The number of hydrogen-bond donors (Lipinski definition) is 2. The highest BCUT2D eigenvalue weighted by Crippen LogP contribution is 2.28. The van der Waals surface area contributed by atoms with Gasteiger partial charge in [-0.2, -0.15) is 0 Å². The Kier molecular flexibility index (Phi) is 2.67. The van der Waals surface area contributed by atoms with Crippen LogP contribution in [0.5, 0.6) is 0 Å². The van der Waals surface area contributed by atoms with E-state index < -0.39 is 0 Å². The van der Waals surface area contributed by atoms with Crippen LogP contribution in [-0.4, -0.2) is 19.1 Å². The normalized spacial score (nSPS) is 10.8. The number of H-pyrrole nitrogens is 1. The maximum atomic E-state index is 5.95. The van der Waals surface area contributed by atoms with Crippen molar-refractivity contribution >= 4 is 22.3 Å². The minimum Gasteiger partial charge on any atom is -0.397 e. The van der Waals surface area contributed by atoms with E-state index in [1.54, 1.807) is 0 Å². The molecule has 3 rings (SSSR count). The first kappa shape index (κ1) is 11.7. The van der Waals surface area contributed by atoms with Gasteiger partial charge in [0.1, 0.15) is 0 Å². The molecule has 0 saturated heterocycles. The summed E-state index contributed by atoms with van der Waals surface area (Å²) in [4.78, 5) is 5.25. The van der Waals surface area contributed by atoms with Gasteiger partial charge in [-0.1, -0.05) is 18.2 Å². The number of aromatic nitrogens is 1. The van der Waals surface area contributed by atoms with Gasteiger partial charge in [-0.3, -0.25) is 0 Å². The Balaban J connectivity index is 2.05. The van der Waals surface area contributed by atoms with E-state index in [0.717, 1.165) is 16.6 Å². The van der Waals surface area contributed by atoms with Crippen LogP contribution in [0.3, 0.4) is 0 Å². The van der Waals surface area contributed by atoms with E-state index in [9.17, 15) is 0 Å². The lowest BCUT2D eigenvalue weighted by Crippen LogP contribution is -2.07. The highest BCUT2D eigenvalue weighted by Gasteiger charge is 2.04. The summed E-state index contributed by atoms with van der Waals surface area (Å²) >= 11 is 0. The standard InChI is InChI=1S/C16H17N3/c1-19(2)13-6-3-11(4-7-13)12-5-8-16-14(9-12)15(17)10-18-16/h3-10,18H,17H2,1-2H3.